The van der Waals surface area contributed by atoms with E-state index in [1.807, 2.05) is 36.4 Å². The van der Waals surface area contributed by atoms with Gasteiger partial charge in [0.2, 0.25) is 0 Å². The maximum Gasteiger partial charge on any atom is 0.124 e. The molecule has 1 fully saturated rings. The molecule has 0 saturated carbocycles. The van der Waals surface area contributed by atoms with Crippen LogP contribution in [-0.2, 0) is 22.7 Å². The molecule has 1 heterocycles. The first kappa shape index (κ1) is 27.0. The molecule has 0 spiro atoms. The van der Waals surface area contributed by atoms with Gasteiger partial charge in [-0.15, -0.1) is 12.4 Å². The van der Waals surface area contributed by atoms with E-state index in [-0.39, 0.29) is 18.5 Å². The van der Waals surface area contributed by atoms with Gasteiger partial charge in [0.1, 0.15) is 11.5 Å². The molecule has 1 N–H and O–H groups in total. The minimum absolute atomic E-state index is 0. The molecule has 2 atom stereocenters. The summed E-state index contributed by atoms with van der Waals surface area (Å²) in [5.41, 5.74) is 3.57. The summed E-state index contributed by atoms with van der Waals surface area (Å²) < 4.78 is 23.5. The molecule has 4 rings (SSSR count). The van der Waals surface area contributed by atoms with E-state index in [0.29, 0.717) is 32.3 Å². The number of hydrogen-bond acceptors (Lipinski definition) is 5. The molecule has 0 amide bonds. The molecule has 3 aromatic carbocycles. The molecular weight excluding hydrogens is 462 g/mol. The van der Waals surface area contributed by atoms with Crippen molar-refractivity contribution in [1.82, 2.24) is 5.32 Å². The summed E-state index contributed by atoms with van der Waals surface area (Å²) in [6.07, 6.45) is 2.03. The van der Waals surface area contributed by atoms with Gasteiger partial charge in [-0.05, 0) is 42.3 Å². The molecule has 0 aliphatic carbocycles. The van der Waals surface area contributed by atoms with Gasteiger partial charge in [0.05, 0.1) is 39.6 Å². The second-order valence-electron chi connectivity index (χ2n) is 8.57. The lowest BCUT2D eigenvalue weighted by atomic mass is 9.87. The molecule has 6 heteroatoms. The monoisotopic (exact) mass is 497 g/mol. The third kappa shape index (κ3) is 8.25. The highest BCUT2D eigenvalue weighted by Gasteiger charge is 2.27. The van der Waals surface area contributed by atoms with Crippen LogP contribution in [0.2, 0.25) is 0 Å². The van der Waals surface area contributed by atoms with Crippen molar-refractivity contribution in [2.45, 2.75) is 38.1 Å². The zero-order chi connectivity index (χ0) is 23.4. The summed E-state index contributed by atoms with van der Waals surface area (Å²) in [4.78, 5) is 0. The van der Waals surface area contributed by atoms with Crippen LogP contribution in [-0.4, -0.2) is 39.5 Å². The number of rotatable bonds is 12. The van der Waals surface area contributed by atoms with Crippen LogP contribution in [0.4, 0.5) is 0 Å². The van der Waals surface area contributed by atoms with Crippen molar-refractivity contribution in [2.75, 3.05) is 33.4 Å². The average molecular weight is 498 g/mol. The Morgan fingerprint density at radius 3 is 2.43 bits per heavy atom. The van der Waals surface area contributed by atoms with Gasteiger partial charge in [0.15, 0.2) is 0 Å². The first-order valence-electron chi connectivity index (χ1n) is 12.1. The van der Waals surface area contributed by atoms with E-state index < -0.39 is 0 Å². The summed E-state index contributed by atoms with van der Waals surface area (Å²) in [5.74, 6) is 2.12. The number of ether oxygens (including phenoxy) is 4. The topological polar surface area (TPSA) is 49.0 Å². The van der Waals surface area contributed by atoms with Crippen molar-refractivity contribution in [3.63, 3.8) is 0 Å². The van der Waals surface area contributed by atoms with Gasteiger partial charge < -0.3 is 24.3 Å². The van der Waals surface area contributed by atoms with E-state index in [9.17, 15) is 0 Å². The lowest BCUT2D eigenvalue weighted by molar-refractivity contribution is 0.00982. The fraction of sp³-hybridized carbons (Fsp3) is 0.379. The Bertz CT molecular complexity index is 983. The summed E-state index contributed by atoms with van der Waals surface area (Å²) in [6.45, 7) is 4.37. The Morgan fingerprint density at radius 2 is 1.63 bits per heavy atom. The fourth-order valence-electron chi connectivity index (χ4n) is 4.33. The predicted octanol–water partition coefficient (Wildman–Crippen LogP) is 5.77. The maximum absolute atomic E-state index is 6.36. The van der Waals surface area contributed by atoms with Gasteiger partial charge >= 0.3 is 0 Å². The average Bonchev–Trinajstić information content (AvgIpc) is 2.91. The number of methoxy groups -OCH3 is 1. The van der Waals surface area contributed by atoms with Crippen molar-refractivity contribution in [2.24, 2.45) is 0 Å². The first-order valence-corrected chi connectivity index (χ1v) is 12.1. The van der Waals surface area contributed by atoms with Crippen LogP contribution in [0.5, 0.6) is 11.5 Å². The second-order valence-corrected chi connectivity index (χ2v) is 8.57. The minimum Gasteiger partial charge on any atom is -0.496 e. The quantitative estimate of drug-likeness (QED) is 0.322. The van der Waals surface area contributed by atoms with Gasteiger partial charge in [-0.1, -0.05) is 60.7 Å². The molecule has 35 heavy (non-hydrogen) atoms. The van der Waals surface area contributed by atoms with Gasteiger partial charge in [-0.3, -0.25) is 0 Å². The van der Waals surface area contributed by atoms with Crippen molar-refractivity contribution in [3.8, 4) is 11.5 Å². The zero-order valence-electron chi connectivity index (χ0n) is 20.4. The van der Waals surface area contributed by atoms with Crippen LogP contribution in [0.25, 0.3) is 0 Å². The van der Waals surface area contributed by atoms with Crippen LogP contribution in [0.3, 0.4) is 0 Å². The van der Waals surface area contributed by atoms with Crippen molar-refractivity contribution in [1.29, 1.82) is 0 Å². The third-order valence-corrected chi connectivity index (χ3v) is 6.19. The number of nitrogens with one attached hydrogen (secondary N) is 1. The highest BCUT2D eigenvalue weighted by Crippen LogP contribution is 2.30. The summed E-state index contributed by atoms with van der Waals surface area (Å²) >= 11 is 0. The number of hydrogen-bond donors (Lipinski definition) is 1. The molecule has 1 aliphatic heterocycles. The molecule has 2 unspecified atom stereocenters. The van der Waals surface area contributed by atoms with Crippen LogP contribution < -0.4 is 14.8 Å². The van der Waals surface area contributed by atoms with E-state index in [1.54, 1.807) is 7.11 Å². The molecule has 3 aromatic rings. The summed E-state index contributed by atoms with van der Waals surface area (Å²) in [7, 11) is 1.70. The molecular formula is C29H36ClNO4. The molecule has 0 bridgehead atoms. The van der Waals surface area contributed by atoms with Crippen LogP contribution in [0, 0.1) is 0 Å². The molecule has 1 saturated heterocycles. The lowest BCUT2D eigenvalue weighted by Gasteiger charge is -2.32. The Balaban J connectivity index is 0.00000342. The lowest BCUT2D eigenvalue weighted by Crippen LogP contribution is -2.40. The van der Waals surface area contributed by atoms with Gasteiger partial charge in [0.25, 0.3) is 0 Å². The highest BCUT2D eigenvalue weighted by molar-refractivity contribution is 5.85. The van der Waals surface area contributed by atoms with E-state index in [1.165, 1.54) is 11.1 Å². The molecule has 0 radical (unpaired) electrons. The summed E-state index contributed by atoms with van der Waals surface area (Å²) in [5, 5.41) is 3.47. The smallest absolute Gasteiger partial charge is 0.124 e. The number of halogens is 1. The van der Waals surface area contributed by atoms with E-state index in [0.717, 1.165) is 43.0 Å². The Labute approximate surface area is 215 Å². The normalized spacial score (nSPS) is 17.4. The van der Waals surface area contributed by atoms with Crippen molar-refractivity contribution < 1.29 is 18.9 Å². The zero-order valence-corrected chi connectivity index (χ0v) is 21.2. The number of para-hydroxylation sites is 1. The summed E-state index contributed by atoms with van der Waals surface area (Å²) in [6, 6.07) is 26.8. The van der Waals surface area contributed by atoms with E-state index in [2.05, 4.69) is 47.8 Å². The molecule has 188 valence electrons. The SMILES string of the molecule is COc1ccccc1COC1CNCCC1c1ccc(OCCCOCc2ccccc2)cc1.Cl. The Kier molecular flexibility index (Phi) is 11.4. The largest absolute Gasteiger partial charge is 0.496 e. The van der Waals surface area contributed by atoms with Crippen molar-refractivity contribution in [3.05, 3.63) is 95.6 Å². The molecule has 5 nitrogen and oxygen atoms in total. The van der Waals surface area contributed by atoms with Crippen molar-refractivity contribution >= 4 is 12.4 Å². The van der Waals surface area contributed by atoms with E-state index in [4.69, 9.17) is 18.9 Å². The fourth-order valence-corrected chi connectivity index (χ4v) is 4.33. The van der Waals surface area contributed by atoms with Gasteiger partial charge in [-0.2, -0.15) is 0 Å². The van der Waals surface area contributed by atoms with Gasteiger partial charge in [0, 0.05) is 24.4 Å². The predicted molar refractivity (Wildman–Crippen MR) is 142 cm³/mol. The van der Waals surface area contributed by atoms with Crippen LogP contribution in [0.1, 0.15) is 35.4 Å². The minimum atomic E-state index is 0. The van der Waals surface area contributed by atoms with Crippen LogP contribution >= 0.6 is 12.4 Å². The standard InChI is InChI=1S/C29H35NO4.ClH/c1-31-28-11-6-5-10-25(28)22-34-29-20-30-17-16-27(29)24-12-14-26(15-13-24)33-19-7-18-32-21-23-8-3-2-4-9-23;/h2-6,8-15,27,29-30H,7,16-22H2,1H3;1H. The number of benzene rings is 3. The molecule has 1 aliphatic rings. The maximum atomic E-state index is 6.36. The highest BCUT2D eigenvalue weighted by atomic mass is 35.5. The number of piperidine rings is 1. The van der Waals surface area contributed by atoms with Crippen LogP contribution in [0.15, 0.2) is 78.9 Å². The Morgan fingerprint density at radius 1 is 0.857 bits per heavy atom. The van der Waals surface area contributed by atoms with Gasteiger partial charge in [-0.25, -0.2) is 0 Å². The first-order chi connectivity index (χ1) is 16.8. The molecule has 0 aromatic heterocycles. The second kappa shape index (κ2) is 14.7. The Hall–Kier alpha value is -2.57. The van der Waals surface area contributed by atoms with E-state index >= 15 is 0 Å². The third-order valence-electron chi connectivity index (χ3n) is 6.19.